The minimum atomic E-state index is -0.0556. The average molecular weight is 348 g/mol. The first kappa shape index (κ1) is 16.8. The van der Waals surface area contributed by atoms with Gasteiger partial charge in [0.15, 0.2) is 0 Å². The van der Waals surface area contributed by atoms with Gasteiger partial charge in [-0.25, -0.2) is 4.79 Å². The molecule has 2 heterocycles. The molecule has 0 spiro atoms. The van der Waals surface area contributed by atoms with Gasteiger partial charge in [0.1, 0.15) is 12.2 Å². The van der Waals surface area contributed by atoms with Gasteiger partial charge in [0.2, 0.25) is 0 Å². The minimum absolute atomic E-state index is 0.0556. The molecule has 1 saturated heterocycles. The molecular weight excluding hydrogens is 326 g/mol. The second kappa shape index (κ2) is 6.81. The van der Waals surface area contributed by atoms with Crippen molar-refractivity contribution >= 4 is 23.3 Å². The molecule has 128 valence electrons. The third kappa shape index (κ3) is 3.38. The molecule has 1 aromatic carbocycles. The van der Waals surface area contributed by atoms with E-state index in [1.807, 2.05) is 42.5 Å². The Kier molecular flexibility index (Phi) is 4.76. The molecule has 0 bridgehead atoms. The molecule has 24 heavy (non-hydrogen) atoms. The SMILES string of the molecule is Cc1cc(Cl)cc(C)c1NC(=O)N1CCC(c2nncn2C)CC1. The summed E-state index contributed by atoms with van der Waals surface area (Å²) < 4.78 is 1.96. The van der Waals surface area contributed by atoms with E-state index >= 15 is 0 Å². The van der Waals surface area contributed by atoms with Gasteiger partial charge in [0.25, 0.3) is 0 Å². The highest BCUT2D eigenvalue weighted by atomic mass is 35.5. The van der Waals surface area contributed by atoms with Crippen LogP contribution in [0.4, 0.5) is 10.5 Å². The monoisotopic (exact) mass is 347 g/mol. The van der Waals surface area contributed by atoms with Crippen molar-refractivity contribution in [2.24, 2.45) is 7.05 Å². The Hall–Kier alpha value is -2.08. The molecule has 0 radical (unpaired) electrons. The Balaban J connectivity index is 1.63. The number of hydrogen-bond acceptors (Lipinski definition) is 3. The Morgan fingerprint density at radius 1 is 1.25 bits per heavy atom. The number of urea groups is 1. The Morgan fingerprint density at radius 2 is 1.88 bits per heavy atom. The second-order valence-electron chi connectivity index (χ2n) is 6.41. The Labute approximate surface area is 146 Å². The van der Waals surface area contributed by atoms with E-state index in [0.29, 0.717) is 10.9 Å². The van der Waals surface area contributed by atoms with Crippen molar-refractivity contribution < 1.29 is 4.79 Å². The molecular formula is C17H22ClN5O. The maximum Gasteiger partial charge on any atom is 0.321 e. The standard InChI is InChI=1S/C17H22ClN5O/c1-11-8-14(18)9-12(2)15(11)20-17(24)23-6-4-13(5-7-23)16-21-19-10-22(16)3/h8-10,13H,4-7H2,1-3H3,(H,20,24). The summed E-state index contributed by atoms with van der Waals surface area (Å²) in [7, 11) is 1.96. The number of carbonyl (C=O) groups excluding carboxylic acids is 1. The van der Waals surface area contributed by atoms with Crippen molar-refractivity contribution in [2.75, 3.05) is 18.4 Å². The number of aryl methyl sites for hydroxylation is 3. The van der Waals surface area contributed by atoms with E-state index in [-0.39, 0.29) is 6.03 Å². The van der Waals surface area contributed by atoms with Gasteiger partial charge < -0.3 is 14.8 Å². The third-order valence-electron chi connectivity index (χ3n) is 4.62. The van der Waals surface area contributed by atoms with Crippen molar-refractivity contribution in [2.45, 2.75) is 32.6 Å². The highest BCUT2D eigenvalue weighted by Gasteiger charge is 2.26. The van der Waals surface area contributed by atoms with E-state index in [9.17, 15) is 4.79 Å². The number of nitrogens with zero attached hydrogens (tertiary/aromatic N) is 4. The van der Waals surface area contributed by atoms with Crippen LogP contribution >= 0.6 is 11.6 Å². The minimum Gasteiger partial charge on any atom is -0.324 e. The number of anilines is 1. The molecule has 1 N–H and O–H groups in total. The summed E-state index contributed by atoms with van der Waals surface area (Å²) in [6, 6.07) is 3.68. The quantitative estimate of drug-likeness (QED) is 0.904. The molecule has 0 atom stereocenters. The molecule has 1 aliphatic heterocycles. The highest BCUT2D eigenvalue weighted by Crippen LogP contribution is 2.28. The first-order valence-corrected chi connectivity index (χ1v) is 8.50. The predicted molar refractivity (Wildman–Crippen MR) is 94.5 cm³/mol. The zero-order valence-corrected chi connectivity index (χ0v) is 15.0. The first-order chi connectivity index (χ1) is 11.5. The number of rotatable bonds is 2. The average Bonchev–Trinajstić information content (AvgIpc) is 2.97. The van der Waals surface area contributed by atoms with Gasteiger partial charge in [-0.15, -0.1) is 10.2 Å². The largest absolute Gasteiger partial charge is 0.324 e. The number of aromatic nitrogens is 3. The number of halogens is 1. The lowest BCUT2D eigenvalue weighted by Crippen LogP contribution is -2.41. The van der Waals surface area contributed by atoms with Gasteiger partial charge >= 0.3 is 6.03 Å². The van der Waals surface area contributed by atoms with Crippen LogP contribution in [0.3, 0.4) is 0 Å². The van der Waals surface area contributed by atoms with Gasteiger partial charge in [-0.2, -0.15) is 0 Å². The van der Waals surface area contributed by atoms with Crippen molar-refractivity contribution in [1.29, 1.82) is 0 Å². The lowest BCUT2D eigenvalue weighted by Gasteiger charge is -2.31. The highest BCUT2D eigenvalue weighted by molar-refractivity contribution is 6.30. The summed E-state index contributed by atoms with van der Waals surface area (Å²) >= 11 is 6.05. The fourth-order valence-corrected chi connectivity index (χ4v) is 3.62. The van der Waals surface area contributed by atoms with Crippen molar-refractivity contribution in [1.82, 2.24) is 19.7 Å². The summed E-state index contributed by atoms with van der Waals surface area (Å²) in [5, 5.41) is 11.9. The molecule has 6 nitrogen and oxygen atoms in total. The molecule has 1 aromatic heterocycles. The van der Waals surface area contributed by atoms with Crippen LogP contribution in [0.1, 0.15) is 35.7 Å². The summed E-state index contributed by atoms with van der Waals surface area (Å²) in [6.07, 6.45) is 3.53. The van der Waals surface area contributed by atoms with Gasteiger partial charge in [-0.1, -0.05) is 11.6 Å². The van der Waals surface area contributed by atoms with Crippen LogP contribution in [0.15, 0.2) is 18.5 Å². The van der Waals surface area contributed by atoms with E-state index in [1.54, 1.807) is 6.33 Å². The van der Waals surface area contributed by atoms with Gasteiger partial charge in [-0.05, 0) is 49.9 Å². The van der Waals surface area contributed by atoms with Gasteiger partial charge in [0, 0.05) is 36.8 Å². The van der Waals surface area contributed by atoms with E-state index in [0.717, 1.165) is 48.6 Å². The normalized spacial score (nSPS) is 15.6. The van der Waals surface area contributed by atoms with E-state index < -0.39 is 0 Å². The maximum absolute atomic E-state index is 12.6. The predicted octanol–water partition coefficient (Wildman–Crippen LogP) is 3.50. The van der Waals surface area contributed by atoms with Gasteiger partial charge in [0.05, 0.1) is 0 Å². The van der Waals surface area contributed by atoms with Crippen LogP contribution in [0, 0.1) is 13.8 Å². The van der Waals surface area contributed by atoms with E-state index in [2.05, 4.69) is 15.5 Å². The molecule has 0 aliphatic carbocycles. The van der Waals surface area contributed by atoms with Crippen LogP contribution in [-0.2, 0) is 7.05 Å². The number of carbonyl (C=O) groups is 1. The molecule has 0 saturated carbocycles. The van der Waals surface area contributed by atoms with Crippen LogP contribution < -0.4 is 5.32 Å². The lowest BCUT2D eigenvalue weighted by molar-refractivity contribution is 0.193. The van der Waals surface area contributed by atoms with Crippen LogP contribution in [-0.4, -0.2) is 38.8 Å². The van der Waals surface area contributed by atoms with Crippen LogP contribution in [0.2, 0.25) is 5.02 Å². The number of likely N-dealkylation sites (tertiary alicyclic amines) is 1. The summed E-state index contributed by atoms with van der Waals surface area (Å²) in [6.45, 7) is 5.34. The van der Waals surface area contributed by atoms with E-state index in [1.165, 1.54) is 0 Å². The first-order valence-electron chi connectivity index (χ1n) is 8.12. The molecule has 1 fully saturated rings. The molecule has 3 rings (SSSR count). The fraction of sp³-hybridized carbons (Fsp3) is 0.471. The zero-order valence-electron chi connectivity index (χ0n) is 14.2. The molecule has 2 aromatic rings. The van der Waals surface area contributed by atoms with Crippen LogP contribution in [0.25, 0.3) is 0 Å². The zero-order chi connectivity index (χ0) is 17.3. The molecule has 0 unspecified atom stereocenters. The second-order valence-corrected chi connectivity index (χ2v) is 6.84. The number of hydrogen-bond donors (Lipinski definition) is 1. The summed E-state index contributed by atoms with van der Waals surface area (Å²) in [4.78, 5) is 14.4. The van der Waals surface area contributed by atoms with Gasteiger partial charge in [-0.3, -0.25) is 0 Å². The number of benzene rings is 1. The fourth-order valence-electron chi connectivity index (χ4n) is 3.30. The number of nitrogens with one attached hydrogen (secondary N) is 1. The summed E-state index contributed by atoms with van der Waals surface area (Å²) in [5.74, 6) is 1.36. The van der Waals surface area contributed by atoms with Crippen LogP contribution in [0.5, 0.6) is 0 Å². The third-order valence-corrected chi connectivity index (χ3v) is 4.84. The lowest BCUT2D eigenvalue weighted by atomic mass is 9.96. The number of piperidine rings is 1. The van der Waals surface area contributed by atoms with Crippen molar-refractivity contribution in [3.8, 4) is 0 Å². The molecule has 2 amide bonds. The van der Waals surface area contributed by atoms with Crippen molar-refractivity contribution in [3.05, 3.63) is 40.4 Å². The topological polar surface area (TPSA) is 63.1 Å². The Morgan fingerprint density at radius 3 is 2.42 bits per heavy atom. The molecule has 1 aliphatic rings. The van der Waals surface area contributed by atoms with Crippen molar-refractivity contribution in [3.63, 3.8) is 0 Å². The smallest absolute Gasteiger partial charge is 0.321 e. The summed E-state index contributed by atoms with van der Waals surface area (Å²) in [5.41, 5.74) is 2.80. The molecule has 7 heteroatoms. The maximum atomic E-state index is 12.6. The Bertz CT molecular complexity index is 726. The van der Waals surface area contributed by atoms with E-state index in [4.69, 9.17) is 11.6 Å². The number of amides is 2.